The molecule has 1 aromatic carbocycles. The van der Waals surface area contributed by atoms with Crippen LogP contribution in [0.2, 0.25) is 0 Å². The number of piperidine rings is 1. The van der Waals surface area contributed by atoms with Crippen molar-refractivity contribution in [3.05, 3.63) is 24.3 Å². The molecule has 11 heteroatoms. The Balaban J connectivity index is 1.64. The summed E-state index contributed by atoms with van der Waals surface area (Å²) in [7, 11) is -6.91. The van der Waals surface area contributed by atoms with Crippen molar-refractivity contribution < 1.29 is 26.4 Å². The lowest BCUT2D eigenvalue weighted by Crippen LogP contribution is -2.43. The van der Waals surface area contributed by atoms with Gasteiger partial charge in [-0.2, -0.15) is 4.31 Å². The van der Waals surface area contributed by atoms with Gasteiger partial charge in [-0.05, 0) is 37.1 Å². The summed E-state index contributed by atoms with van der Waals surface area (Å²) in [6, 6.07) is 6.01. The number of benzene rings is 1. The minimum Gasteiger partial charge on any atom is -0.379 e. The van der Waals surface area contributed by atoms with Gasteiger partial charge in [0.1, 0.15) is 0 Å². The number of nitrogens with one attached hydrogen (secondary N) is 1. The molecule has 2 saturated heterocycles. The highest BCUT2D eigenvalue weighted by Crippen LogP contribution is 2.22. The van der Waals surface area contributed by atoms with E-state index in [0.29, 0.717) is 51.4 Å². The van der Waals surface area contributed by atoms with Gasteiger partial charge in [-0.3, -0.25) is 4.79 Å². The number of sulfonamides is 2. The summed E-state index contributed by atoms with van der Waals surface area (Å²) in [6.45, 7) is 1.97. The molecule has 1 atom stereocenters. The number of carbonyl (C=O) groups excluding carboxylic acids is 1. The monoisotopic (exact) mass is 431 g/mol. The minimum absolute atomic E-state index is 0.160. The van der Waals surface area contributed by atoms with E-state index in [-0.39, 0.29) is 17.3 Å². The Kier molecular flexibility index (Phi) is 6.40. The number of hydrogen-bond acceptors (Lipinski definition) is 6. The lowest BCUT2D eigenvalue weighted by Gasteiger charge is -2.30. The minimum atomic E-state index is -3.58. The Morgan fingerprint density at radius 1 is 1.04 bits per heavy atom. The Labute approximate surface area is 165 Å². The van der Waals surface area contributed by atoms with E-state index >= 15 is 0 Å². The maximum absolute atomic E-state index is 12.6. The molecule has 0 aromatic heterocycles. The molecular formula is C17H25N3O6S2. The van der Waals surface area contributed by atoms with Gasteiger partial charge in [0.2, 0.25) is 26.0 Å². The molecule has 1 N–H and O–H groups in total. The Hall–Kier alpha value is -1.53. The van der Waals surface area contributed by atoms with Crippen LogP contribution in [-0.2, 0) is 29.6 Å². The van der Waals surface area contributed by atoms with Crippen molar-refractivity contribution in [2.24, 2.45) is 5.92 Å². The molecular weight excluding hydrogens is 406 g/mol. The normalized spacial score (nSPS) is 22.7. The molecule has 0 aliphatic carbocycles. The van der Waals surface area contributed by atoms with E-state index in [0.717, 1.165) is 6.26 Å². The third-order valence-electron chi connectivity index (χ3n) is 4.95. The summed E-state index contributed by atoms with van der Waals surface area (Å²) < 4.78 is 56.5. The standard InChI is InChI=1S/C17H25N3O6S2/c1-27(22,23)20-8-2-3-14(13-20)17(21)18-15-4-6-16(7-5-15)28(24,25)19-9-11-26-12-10-19/h4-7,14H,2-3,8-13H2,1H3,(H,18,21). The highest BCUT2D eigenvalue weighted by atomic mass is 32.2. The average molecular weight is 432 g/mol. The van der Waals surface area contributed by atoms with Gasteiger partial charge in [0.25, 0.3) is 0 Å². The van der Waals surface area contributed by atoms with Crippen molar-refractivity contribution in [2.45, 2.75) is 17.7 Å². The van der Waals surface area contributed by atoms with Crippen molar-refractivity contribution in [3.63, 3.8) is 0 Å². The predicted molar refractivity (Wildman–Crippen MR) is 104 cm³/mol. The molecule has 0 radical (unpaired) electrons. The zero-order valence-electron chi connectivity index (χ0n) is 15.7. The molecule has 1 unspecified atom stereocenters. The molecule has 9 nitrogen and oxygen atoms in total. The number of nitrogens with zero attached hydrogens (tertiary/aromatic N) is 2. The van der Waals surface area contributed by atoms with Gasteiger partial charge in [0, 0.05) is 31.9 Å². The van der Waals surface area contributed by atoms with Gasteiger partial charge in [-0.1, -0.05) is 0 Å². The fourth-order valence-electron chi connectivity index (χ4n) is 3.35. The summed E-state index contributed by atoms with van der Waals surface area (Å²) in [4.78, 5) is 12.7. The lowest BCUT2D eigenvalue weighted by atomic mass is 9.99. The highest BCUT2D eigenvalue weighted by Gasteiger charge is 2.30. The first-order valence-electron chi connectivity index (χ1n) is 9.12. The third kappa shape index (κ3) is 4.90. The van der Waals surface area contributed by atoms with Gasteiger partial charge in [0.05, 0.1) is 30.3 Å². The highest BCUT2D eigenvalue weighted by molar-refractivity contribution is 7.89. The zero-order chi connectivity index (χ0) is 20.4. The van der Waals surface area contributed by atoms with Gasteiger partial charge in [-0.25, -0.2) is 21.1 Å². The maximum Gasteiger partial charge on any atom is 0.243 e. The second kappa shape index (κ2) is 8.46. The van der Waals surface area contributed by atoms with Gasteiger partial charge in [-0.15, -0.1) is 0 Å². The first-order valence-corrected chi connectivity index (χ1v) is 12.4. The topological polar surface area (TPSA) is 113 Å². The quantitative estimate of drug-likeness (QED) is 0.718. The molecule has 0 saturated carbocycles. The third-order valence-corrected chi connectivity index (χ3v) is 8.14. The molecule has 28 heavy (non-hydrogen) atoms. The summed E-state index contributed by atoms with van der Waals surface area (Å²) in [5.74, 6) is -0.697. The molecule has 2 aliphatic rings. The summed E-state index contributed by atoms with van der Waals surface area (Å²) in [6.07, 6.45) is 2.38. The van der Waals surface area contributed by atoms with E-state index in [1.807, 2.05) is 0 Å². The zero-order valence-corrected chi connectivity index (χ0v) is 17.3. The molecule has 2 aliphatic heterocycles. The summed E-state index contributed by atoms with van der Waals surface area (Å²) in [5.41, 5.74) is 0.474. The van der Waals surface area contributed by atoms with E-state index in [1.165, 1.54) is 20.7 Å². The first-order chi connectivity index (χ1) is 13.2. The molecule has 156 valence electrons. The van der Waals surface area contributed by atoms with Crippen LogP contribution in [0.1, 0.15) is 12.8 Å². The van der Waals surface area contributed by atoms with E-state index in [4.69, 9.17) is 4.74 Å². The average Bonchev–Trinajstić information content (AvgIpc) is 2.68. The van der Waals surface area contributed by atoms with E-state index in [2.05, 4.69) is 5.32 Å². The lowest BCUT2D eigenvalue weighted by molar-refractivity contribution is -0.120. The molecule has 3 rings (SSSR count). The molecule has 1 aromatic rings. The second-order valence-electron chi connectivity index (χ2n) is 6.99. The molecule has 0 bridgehead atoms. The number of carbonyl (C=O) groups is 1. The van der Waals surface area contributed by atoms with Crippen LogP contribution in [0.4, 0.5) is 5.69 Å². The SMILES string of the molecule is CS(=O)(=O)N1CCCC(C(=O)Nc2ccc(S(=O)(=O)N3CCOCC3)cc2)C1. The maximum atomic E-state index is 12.6. The smallest absolute Gasteiger partial charge is 0.243 e. The van der Waals surface area contributed by atoms with Crippen LogP contribution < -0.4 is 5.32 Å². The number of rotatable bonds is 5. The number of hydrogen-bond donors (Lipinski definition) is 1. The van der Waals surface area contributed by atoms with Crippen molar-refractivity contribution in [1.29, 1.82) is 0 Å². The van der Waals surface area contributed by atoms with Gasteiger partial charge >= 0.3 is 0 Å². The first kappa shape index (κ1) is 21.2. The largest absolute Gasteiger partial charge is 0.379 e. The summed E-state index contributed by atoms with van der Waals surface area (Å²) in [5, 5.41) is 2.75. The number of amides is 1. The molecule has 0 spiro atoms. The van der Waals surface area contributed by atoms with Crippen LogP contribution >= 0.6 is 0 Å². The van der Waals surface area contributed by atoms with Crippen molar-refractivity contribution in [1.82, 2.24) is 8.61 Å². The number of ether oxygens (including phenoxy) is 1. The Morgan fingerprint density at radius 2 is 1.68 bits per heavy atom. The molecule has 2 heterocycles. The number of morpholine rings is 1. The van der Waals surface area contributed by atoms with Crippen molar-refractivity contribution in [2.75, 3.05) is 51.0 Å². The van der Waals surface area contributed by atoms with E-state index < -0.39 is 26.0 Å². The Morgan fingerprint density at radius 3 is 2.29 bits per heavy atom. The predicted octanol–water partition coefficient (Wildman–Crippen LogP) is 0.318. The van der Waals surface area contributed by atoms with Crippen LogP contribution in [0.3, 0.4) is 0 Å². The second-order valence-corrected chi connectivity index (χ2v) is 10.9. The summed E-state index contributed by atoms with van der Waals surface area (Å²) >= 11 is 0. The number of anilines is 1. The van der Waals surface area contributed by atoms with Gasteiger partial charge < -0.3 is 10.1 Å². The van der Waals surface area contributed by atoms with E-state index in [1.54, 1.807) is 12.1 Å². The van der Waals surface area contributed by atoms with E-state index in [9.17, 15) is 21.6 Å². The fourth-order valence-corrected chi connectivity index (χ4v) is 5.67. The Bertz CT molecular complexity index is 909. The molecule has 2 fully saturated rings. The van der Waals surface area contributed by atoms with Crippen LogP contribution in [0, 0.1) is 5.92 Å². The van der Waals surface area contributed by atoms with Crippen LogP contribution in [0.25, 0.3) is 0 Å². The van der Waals surface area contributed by atoms with Crippen molar-refractivity contribution in [3.8, 4) is 0 Å². The van der Waals surface area contributed by atoms with Crippen LogP contribution in [0.5, 0.6) is 0 Å². The van der Waals surface area contributed by atoms with Crippen molar-refractivity contribution >= 4 is 31.6 Å². The van der Waals surface area contributed by atoms with Crippen LogP contribution in [0.15, 0.2) is 29.2 Å². The fraction of sp³-hybridized carbons (Fsp3) is 0.588. The van der Waals surface area contributed by atoms with Crippen LogP contribution in [-0.4, -0.2) is 77.0 Å². The molecule has 1 amide bonds. The van der Waals surface area contributed by atoms with Gasteiger partial charge in [0.15, 0.2) is 0 Å².